The SMILES string of the molecule is C#CC(O)c1ccc(N(CC)CC)c(C(C)(C)C)c1. The highest BCUT2D eigenvalue weighted by Gasteiger charge is 2.21. The summed E-state index contributed by atoms with van der Waals surface area (Å²) in [5.41, 5.74) is 3.26. The van der Waals surface area contributed by atoms with Gasteiger partial charge in [-0.15, -0.1) is 6.42 Å². The molecule has 0 radical (unpaired) electrons. The lowest BCUT2D eigenvalue weighted by atomic mass is 9.84. The van der Waals surface area contributed by atoms with Crippen LogP contribution in [0.4, 0.5) is 5.69 Å². The Morgan fingerprint density at radius 1 is 1.26 bits per heavy atom. The maximum Gasteiger partial charge on any atom is 0.139 e. The summed E-state index contributed by atoms with van der Waals surface area (Å²) in [5, 5.41) is 9.81. The molecule has 0 aliphatic rings. The summed E-state index contributed by atoms with van der Waals surface area (Å²) in [6, 6.07) is 6.04. The lowest BCUT2D eigenvalue weighted by Gasteiger charge is -2.31. The largest absolute Gasteiger partial charge is 0.376 e. The van der Waals surface area contributed by atoms with Crippen LogP contribution in [0.1, 0.15) is 51.8 Å². The Balaban J connectivity index is 3.37. The van der Waals surface area contributed by atoms with E-state index in [1.165, 1.54) is 11.3 Å². The van der Waals surface area contributed by atoms with Crippen LogP contribution in [0, 0.1) is 12.3 Å². The van der Waals surface area contributed by atoms with Crippen LogP contribution in [-0.2, 0) is 5.41 Å². The zero-order chi connectivity index (χ0) is 14.6. The lowest BCUT2D eigenvalue weighted by Crippen LogP contribution is -2.26. The normalized spacial score (nSPS) is 12.9. The van der Waals surface area contributed by atoms with E-state index in [-0.39, 0.29) is 5.41 Å². The number of benzene rings is 1. The van der Waals surface area contributed by atoms with Crippen LogP contribution in [0.2, 0.25) is 0 Å². The van der Waals surface area contributed by atoms with Crippen molar-refractivity contribution in [3.05, 3.63) is 29.3 Å². The second kappa shape index (κ2) is 6.12. The fraction of sp³-hybridized carbons (Fsp3) is 0.529. The number of hydrogen-bond acceptors (Lipinski definition) is 2. The van der Waals surface area contributed by atoms with Crippen LogP contribution in [0.25, 0.3) is 0 Å². The Morgan fingerprint density at radius 2 is 1.84 bits per heavy atom. The molecule has 0 saturated carbocycles. The fourth-order valence-electron chi connectivity index (χ4n) is 2.26. The second-order valence-electron chi connectivity index (χ2n) is 5.77. The molecular weight excluding hydrogens is 234 g/mol. The van der Waals surface area contributed by atoms with Crippen LogP contribution in [0.3, 0.4) is 0 Å². The van der Waals surface area contributed by atoms with E-state index in [2.05, 4.69) is 51.5 Å². The molecule has 104 valence electrons. The summed E-state index contributed by atoms with van der Waals surface area (Å²) in [6.45, 7) is 12.8. The first-order valence-corrected chi connectivity index (χ1v) is 6.88. The third-order valence-corrected chi connectivity index (χ3v) is 3.41. The summed E-state index contributed by atoms with van der Waals surface area (Å²) in [6.07, 6.45) is 4.48. The molecule has 1 aromatic carbocycles. The van der Waals surface area contributed by atoms with Crippen LogP contribution < -0.4 is 4.90 Å². The number of aliphatic hydroxyl groups excluding tert-OH is 1. The van der Waals surface area contributed by atoms with E-state index in [0.717, 1.165) is 18.7 Å². The van der Waals surface area contributed by atoms with Crippen molar-refractivity contribution < 1.29 is 5.11 Å². The van der Waals surface area contributed by atoms with Crippen molar-refractivity contribution in [2.75, 3.05) is 18.0 Å². The number of rotatable bonds is 4. The Hall–Kier alpha value is -1.46. The topological polar surface area (TPSA) is 23.5 Å². The highest BCUT2D eigenvalue weighted by molar-refractivity contribution is 5.58. The Morgan fingerprint density at radius 3 is 2.26 bits per heavy atom. The smallest absolute Gasteiger partial charge is 0.139 e. The molecule has 0 spiro atoms. The van der Waals surface area contributed by atoms with Gasteiger partial charge in [0.2, 0.25) is 0 Å². The third-order valence-electron chi connectivity index (χ3n) is 3.41. The lowest BCUT2D eigenvalue weighted by molar-refractivity contribution is 0.238. The van der Waals surface area contributed by atoms with Crippen molar-refractivity contribution in [3.8, 4) is 12.3 Å². The van der Waals surface area contributed by atoms with Gasteiger partial charge in [0.05, 0.1) is 0 Å². The molecule has 2 nitrogen and oxygen atoms in total. The molecule has 19 heavy (non-hydrogen) atoms. The summed E-state index contributed by atoms with van der Waals surface area (Å²) in [4.78, 5) is 2.33. The van der Waals surface area contributed by atoms with Gasteiger partial charge in [-0.25, -0.2) is 0 Å². The molecule has 0 aliphatic carbocycles. The highest BCUT2D eigenvalue weighted by atomic mass is 16.3. The van der Waals surface area contributed by atoms with Gasteiger partial charge in [-0.3, -0.25) is 0 Å². The van der Waals surface area contributed by atoms with Crippen LogP contribution in [0.15, 0.2) is 18.2 Å². The van der Waals surface area contributed by atoms with Crippen molar-refractivity contribution in [1.82, 2.24) is 0 Å². The zero-order valence-corrected chi connectivity index (χ0v) is 12.7. The van der Waals surface area contributed by atoms with E-state index < -0.39 is 6.10 Å². The minimum absolute atomic E-state index is 0.0161. The van der Waals surface area contributed by atoms with E-state index in [1.807, 2.05) is 12.1 Å². The van der Waals surface area contributed by atoms with Gasteiger partial charge >= 0.3 is 0 Å². The van der Waals surface area contributed by atoms with Gasteiger partial charge < -0.3 is 10.0 Å². The van der Waals surface area contributed by atoms with Crippen LogP contribution in [0.5, 0.6) is 0 Å². The molecule has 0 amide bonds. The number of aliphatic hydroxyl groups is 1. The van der Waals surface area contributed by atoms with Gasteiger partial charge in [-0.2, -0.15) is 0 Å². The van der Waals surface area contributed by atoms with Crippen molar-refractivity contribution in [1.29, 1.82) is 0 Å². The van der Waals surface area contributed by atoms with Crippen LogP contribution >= 0.6 is 0 Å². The molecule has 2 heteroatoms. The molecule has 0 aliphatic heterocycles. The summed E-state index contributed by atoms with van der Waals surface area (Å²) in [5.74, 6) is 2.38. The van der Waals surface area contributed by atoms with E-state index in [4.69, 9.17) is 6.42 Å². The average Bonchev–Trinajstić information content (AvgIpc) is 2.38. The monoisotopic (exact) mass is 259 g/mol. The molecule has 0 aromatic heterocycles. The van der Waals surface area contributed by atoms with Gasteiger partial charge in [0.25, 0.3) is 0 Å². The molecule has 0 bridgehead atoms. The van der Waals surface area contributed by atoms with Crippen molar-refractivity contribution in [2.45, 2.75) is 46.1 Å². The molecule has 0 saturated heterocycles. The van der Waals surface area contributed by atoms with Crippen molar-refractivity contribution in [2.24, 2.45) is 0 Å². The summed E-state index contributed by atoms with van der Waals surface area (Å²) >= 11 is 0. The first-order chi connectivity index (χ1) is 8.85. The molecule has 1 atom stereocenters. The first kappa shape index (κ1) is 15.6. The Kier molecular flexibility index (Phi) is 5.03. The molecular formula is C17H25NO. The fourth-order valence-corrected chi connectivity index (χ4v) is 2.26. The Labute approximate surface area is 117 Å². The molecule has 1 aromatic rings. The number of terminal acetylenes is 1. The minimum Gasteiger partial charge on any atom is -0.376 e. The molecule has 1 unspecified atom stereocenters. The quantitative estimate of drug-likeness (QED) is 0.837. The van der Waals surface area contributed by atoms with E-state index in [9.17, 15) is 5.11 Å². The molecule has 0 fully saturated rings. The van der Waals surface area contributed by atoms with E-state index in [0.29, 0.717) is 0 Å². The minimum atomic E-state index is -0.827. The average molecular weight is 259 g/mol. The Bertz CT molecular complexity index is 461. The number of nitrogens with zero attached hydrogens (tertiary/aromatic N) is 1. The maximum atomic E-state index is 9.81. The van der Waals surface area contributed by atoms with Gasteiger partial charge in [0.15, 0.2) is 0 Å². The van der Waals surface area contributed by atoms with Crippen molar-refractivity contribution >= 4 is 5.69 Å². The predicted molar refractivity (Wildman–Crippen MR) is 82.5 cm³/mol. The standard InChI is InChI=1S/C17H25NO/c1-7-16(19)13-10-11-15(18(8-2)9-3)14(12-13)17(4,5)6/h1,10-12,16,19H,8-9H2,2-6H3. The maximum absolute atomic E-state index is 9.81. The zero-order valence-electron chi connectivity index (χ0n) is 12.7. The third kappa shape index (κ3) is 3.52. The molecule has 1 N–H and O–H groups in total. The summed E-state index contributed by atoms with van der Waals surface area (Å²) in [7, 11) is 0. The number of anilines is 1. The van der Waals surface area contributed by atoms with Crippen LogP contribution in [-0.4, -0.2) is 18.2 Å². The van der Waals surface area contributed by atoms with Gasteiger partial charge in [-0.1, -0.05) is 32.8 Å². The second-order valence-corrected chi connectivity index (χ2v) is 5.77. The van der Waals surface area contributed by atoms with Crippen molar-refractivity contribution in [3.63, 3.8) is 0 Å². The van der Waals surface area contributed by atoms with E-state index >= 15 is 0 Å². The predicted octanol–water partition coefficient (Wildman–Crippen LogP) is 3.50. The molecule has 1 rings (SSSR count). The summed E-state index contributed by atoms with van der Waals surface area (Å²) < 4.78 is 0. The number of hydrogen-bond donors (Lipinski definition) is 1. The van der Waals surface area contributed by atoms with Gasteiger partial charge in [0, 0.05) is 18.8 Å². The van der Waals surface area contributed by atoms with E-state index in [1.54, 1.807) is 0 Å². The van der Waals surface area contributed by atoms with Gasteiger partial charge in [-0.05, 0) is 42.5 Å². The first-order valence-electron chi connectivity index (χ1n) is 6.88. The highest BCUT2D eigenvalue weighted by Crippen LogP contribution is 2.34. The molecule has 0 heterocycles. The van der Waals surface area contributed by atoms with Gasteiger partial charge in [0.1, 0.15) is 6.10 Å².